The van der Waals surface area contributed by atoms with Crippen LogP contribution in [0.4, 0.5) is 10.1 Å². The standard InChI is InChI=1S/C20H23FN2O/c1-15-3-4-16(2)19(13-15)22-9-11-23(12-10-22)20(24)14-17-5-7-18(21)8-6-17/h3-8,13H,9-12,14H2,1-2H3. The van der Waals surface area contributed by atoms with Gasteiger partial charge in [0.25, 0.3) is 0 Å². The number of hydrogen-bond acceptors (Lipinski definition) is 2. The average molecular weight is 326 g/mol. The van der Waals surface area contributed by atoms with Crippen molar-refractivity contribution < 1.29 is 9.18 Å². The lowest BCUT2D eigenvalue weighted by atomic mass is 10.1. The fourth-order valence-electron chi connectivity index (χ4n) is 3.15. The second-order valence-electron chi connectivity index (χ2n) is 6.46. The van der Waals surface area contributed by atoms with E-state index in [1.807, 2.05) is 4.90 Å². The summed E-state index contributed by atoms with van der Waals surface area (Å²) in [4.78, 5) is 16.7. The number of hydrogen-bond donors (Lipinski definition) is 0. The van der Waals surface area contributed by atoms with Crippen molar-refractivity contribution in [2.24, 2.45) is 0 Å². The van der Waals surface area contributed by atoms with Crippen molar-refractivity contribution >= 4 is 11.6 Å². The Morgan fingerprint density at radius 1 is 1.00 bits per heavy atom. The first-order chi connectivity index (χ1) is 11.5. The Labute approximate surface area is 142 Å². The number of halogens is 1. The molecule has 1 heterocycles. The zero-order valence-electron chi connectivity index (χ0n) is 14.3. The maximum atomic E-state index is 12.9. The summed E-state index contributed by atoms with van der Waals surface area (Å²) < 4.78 is 12.9. The topological polar surface area (TPSA) is 23.6 Å². The smallest absolute Gasteiger partial charge is 0.227 e. The Hall–Kier alpha value is -2.36. The second kappa shape index (κ2) is 7.04. The molecule has 0 radical (unpaired) electrons. The van der Waals surface area contributed by atoms with Crippen LogP contribution in [0.5, 0.6) is 0 Å². The first kappa shape index (κ1) is 16.5. The third kappa shape index (κ3) is 3.75. The highest BCUT2D eigenvalue weighted by atomic mass is 19.1. The van der Waals surface area contributed by atoms with Gasteiger partial charge >= 0.3 is 0 Å². The summed E-state index contributed by atoms with van der Waals surface area (Å²) in [6.07, 6.45) is 0.337. The van der Waals surface area contributed by atoms with E-state index in [2.05, 4.69) is 36.9 Å². The Morgan fingerprint density at radius 3 is 2.33 bits per heavy atom. The molecule has 0 unspecified atom stereocenters. The average Bonchev–Trinajstić information content (AvgIpc) is 2.59. The van der Waals surface area contributed by atoms with E-state index in [1.165, 1.54) is 28.9 Å². The molecule has 0 aromatic heterocycles. The minimum atomic E-state index is -0.270. The normalized spacial score (nSPS) is 14.8. The Morgan fingerprint density at radius 2 is 1.67 bits per heavy atom. The van der Waals surface area contributed by atoms with Gasteiger partial charge in [0.05, 0.1) is 6.42 Å². The van der Waals surface area contributed by atoms with Crippen LogP contribution < -0.4 is 4.90 Å². The summed E-state index contributed by atoms with van der Waals surface area (Å²) in [5.74, 6) is -0.157. The van der Waals surface area contributed by atoms with Gasteiger partial charge in [0.1, 0.15) is 5.82 Å². The molecule has 24 heavy (non-hydrogen) atoms. The molecule has 126 valence electrons. The van der Waals surface area contributed by atoms with Crippen molar-refractivity contribution in [3.63, 3.8) is 0 Å². The molecule has 2 aromatic rings. The zero-order chi connectivity index (χ0) is 17.1. The van der Waals surface area contributed by atoms with E-state index in [0.29, 0.717) is 6.42 Å². The van der Waals surface area contributed by atoms with Crippen molar-refractivity contribution in [2.45, 2.75) is 20.3 Å². The molecule has 3 rings (SSSR count). The molecule has 0 spiro atoms. The number of aryl methyl sites for hydroxylation is 2. The molecule has 2 aromatic carbocycles. The maximum Gasteiger partial charge on any atom is 0.227 e. The van der Waals surface area contributed by atoms with Crippen LogP contribution in [0.25, 0.3) is 0 Å². The van der Waals surface area contributed by atoms with Crippen molar-refractivity contribution in [2.75, 3.05) is 31.1 Å². The summed E-state index contributed by atoms with van der Waals surface area (Å²) in [5, 5.41) is 0. The quantitative estimate of drug-likeness (QED) is 0.864. The van der Waals surface area contributed by atoms with E-state index >= 15 is 0 Å². The molecule has 1 amide bonds. The molecule has 1 saturated heterocycles. The minimum Gasteiger partial charge on any atom is -0.368 e. The predicted octanol–water partition coefficient (Wildman–Crippen LogP) is 3.33. The highest BCUT2D eigenvalue weighted by Crippen LogP contribution is 2.23. The van der Waals surface area contributed by atoms with E-state index in [1.54, 1.807) is 12.1 Å². The van der Waals surface area contributed by atoms with Crippen LogP contribution in [0.15, 0.2) is 42.5 Å². The van der Waals surface area contributed by atoms with Gasteiger partial charge in [0, 0.05) is 31.9 Å². The number of carbonyl (C=O) groups is 1. The second-order valence-corrected chi connectivity index (χ2v) is 6.46. The van der Waals surface area contributed by atoms with E-state index < -0.39 is 0 Å². The van der Waals surface area contributed by atoms with Crippen molar-refractivity contribution in [1.29, 1.82) is 0 Å². The van der Waals surface area contributed by atoms with Gasteiger partial charge in [-0.2, -0.15) is 0 Å². The third-order valence-electron chi connectivity index (χ3n) is 4.61. The molecule has 1 fully saturated rings. The monoisotopic (exact) mass is 326 g/mol. The molecule has 0 N–H and O–H groups in total. The molecule has 0 saturated carbocycles. The first-order valence-corrected chi connectivity index (χ1v) is 8.37. The van der Waals surface area contributed by atoms with Gasteiger partial charge in [-0.25, -0.2) is 4.39 Å². The molecular formula is C20H23FN2O. The highest BCUT2D eigenvalue weighted by Gasteiger charge is 2.22. The fourth-order valence-corrected chi connectivity index (χ4v) is 3.15. The summed E-state index contributed by atoms with van der Waals surface area (Å²) in [7, 11) is 0. The Balaban J connectivity index is 1.59. The largest absolute Gasteiger partial charge is 0.368 e. The van der Waals surface area contributed by atoms with Gasteiger partial charge in [-0.05, 0) is 48.7 Å². The van der Waals surface area contributed by atoms with Gasteiger partial charge in [-0.1, -0.05) is 24.3 Å². The molecule has 1 aliphatic rings. The lowest BCUT2D eigenvalue weighted by molar-refractivity contribution is -0.130. The molecule has 0 aliphatic carbocycles. The fraction of sp³-hybridized carbons (Fsp3) is 0.350. The summed E-state index contributed by atoms with van der Waals surface area (Å²) in [6.45, 7) is 7.38. The van der Waals surface area contributed by atoms with Crippen LogP contribution in [0.2, 0.25) is 0 Å². The number of benzene rings is 2. The molecule has 1 aliphatic heterocycles. The van der Waals surface area contributed by atoms with Crippen LogP contribution >= 0.6 is 0 Å². The molecule has 3 nitrogen and oxygen atoms in total. The number of rotatable bonds is 3. The van der Waals surface area contributed by atoms with Gasteiger partial charge in [-0.3, -0.25) is 4.79 Å². The summed E-state index contributed by atoms with van der Waals surface area (Å²) in [6, 6.07) is 12.7. The number of anilines is 1. The molecule has 0 bridgehead atoms. The SMILES string of the molecule is Cc1ccc(C)c(N2CCN(C(=O)Cc3ccc(F)cc3)CC2)c1. The predicted molar refractivity (Wildman–Crippen MR) is 94.8 cm³/mol. The Bertz CT molecular complexity index is 719. The summed E-state index contributed by atoms with van der Waals surface area (Å²) in [5.41, 5.74) is 4.65. The van der Waals surface area contributed by atoms with Crippen LogP contribution in [0.1, 0.15) is 16.7 Å². The van der Waals surface area contributed by atoms with Gasteiger partial charge < -0.3 is 9.80 Å². The maximum absolute atomic E-state index is 12.9. The van der Waals surface area contributed by atoms with Crippen LogP contribution in [-0.4, -0.2) is 37.0 Å². The van der Waals surface area contributed by atoms with Crippen molar-refractivity contribution in [3.05, 3.63) is 65.0 Å². The Kier molecular flexibility index (Phi) is 4.84. The van der Waals surface area contributed by atoms with Crippen LogP contribution in [-0.2, 0) is 11.2 Å². The number of nitrogens with zero attached hydrogens (tertiary/aromatic N) is 2. The third-order valence-corrected chi connectivity index (χ3v) is 4.61. The molecule has 4 heteroatoms. The minimum absolute atomic E-state index is 0.113. The number of amides is 1. The number of piperazine rings is 1. The first-order valence-electron chi connectivity index (χ1n) is 8.37. The number of carbonyl (C=O) groups excluding carboxylic acids is 1. The van der Waals surface area contributed by atoms with Crippen molar-refractivity contribution in [3.8, 4) is 0 Å². The molecular weight excluding hydrogens is 303 g/mol. The molecule has 0 atom stereocenters. The van der Waals surface area contributed by atoms with E-state index in [9.17, 15) is 9.18 Å². The van der Waals surface area contributed by atoms with E-state index in [4.69, 9.17) is 0 Å². The van der Waals surface area contributed by atoms with E-state index in [0.717, 1.165) is 31.7 Å². The van der Waals surface area contributed by atoms with Gasteiger partial charge in [0.2, 0.25) is 5.91 Å². The lowest BCUT2D eigenvalue weighted by Crippen LogP contribution is -2.49. The van der Waals surface area contributed by atoms with Gasteiger partial charge in [0.15, 0.2) is 0 Å². The van der Waals surface area contributed by atoms with Gasteiger partial charge in [-0.15, -0.1) is 0 Å². The van der Waals surface area contributed by atoms with E-state index in [-0.39, 0.29) is 11.7 Å². The summed E-state index contributed by atoms with van der Waals surface area (Å²) >= 11 is 0. The lowest BCUT2D eigenvalue weighted by Gasteiger charge is -2.37. The zero-order valence-corrected chi connectivity index (χ0v) is 14.3. The van der Waals surface area contributed by atoms with Crippen LogP contribution in [0.3, 0.4) is 0 Å². The van der Waals surface area contributed by atoms with Crippen molar-refractivity contribution in [1.82, 2.24) is 4.90 Å². The van der Waals surface area contributed by atoms with Crippen LogP contribution in [0, 0.1) is 19.7 Å². The highest BCUT2D eigenvalue weighted by molar-refractivity contribution is 5.79.